The van der Waals surface area contributed by atoms with Gasteiger partial charge in [0.1, 0.15) is 0 Å². The van der Waals surface area contributed by atoms with Crippen molar-refractivity contribution in [3.05, 3.63) is 41.7 Å². The molecular formula is C23H32N6O2. The average Bonchev–Trinajstić information content (AvgIpc) is 3.54. The van der Waals surface area contributed by atoms with E-state index in [0.29, 0.717) is 12.6 Å². The highest BCUT2D eigenvalue weighted by atomic mass is 16.2. The smallest absolute Gasteiger partial charge is 0.241 e. The molecule has 1 saturated heterocycles. The van der Waals surface area contributed by atoms with Crippen molar-refractivity contribution < 1.29 is 9.59 Å². The molecule has 31 heavy (non-hydrogen) atoms. The molecule has 1 aliphatic heterocycles. The quantitative estimate of drug-likeness (QED) is 0.707. The fourth-order valence-electron chi connectivity index (χ4n) is 4.05. The normalized spacial score (nSPS) is 18.5. The minimum absolute atomic E-state index is 0.0289. The third-order valence-corrected chi connectivity index (χ3v) is 6.18. The summed E-state index contributed by atoms with van der Waals surface area (Å²) in [5.74, 6) is 0.0851. The van der Waals surface area contributed by atoms with Gasteiger partial charge in [-0.1, -0.05) is 18.2 Å². The summed E-state index contributed by atoms with van der Waals surface area (Å²) in [6, 6.07) is 10.1. The zero-order valence-corrected chi connectivity index (χ0v) is 18.6. The summed E-state index contributed by atoms with van der Waals surface area (Å²) in [7, 11) is 0. The van der Waals surface area contributed by atoms with Crippen LogP contribution in [0.1, 0.15) is 31.2 Å². The largest absolute Gasteiger partial charge is 0.352 e. The SMILES string of the molecule is Cc1nn(-c2ccccc2)c(C)c1NC(=O)[C@H](C)N1CCN(CC(=O)NC2CC2)CC1. The Hall–Kier alpha value is -2.71. The lowest BCUT2D eigenvalue weighted by Gasteiger charge is -2.37. The van der Waals surface area contributed by atoms with Gasteiger partial charge in [0.15, 0.2) is 0 Å². The van der Waals surface area contributed by atoms with Crippen LogP contribution in [-0.4, -0.2) is 76.2 Å². The van der Waals surface area contributed by atoms with Gasteiger partial charge in [0.2, 0.25) is 11.8 Å². The number of benzene rings is 1. The second kappa shape index (κ2) is 9.20. The maximum absolute atomic E-state index is 13.0. The molecule has 0 bridgehead atoms. The minimum Gasteiger partial charge on any atom is -0.352 e. The first-order chi connectivity index (χ1) is 14.9. The van der Waals surface area contributed by atoms with Crippen LogP contribution in [0.3, 0.4) is 0 Å². The first-order valence-corrected chi connectivity index (χ1v) is 11.1. The zero-order valence-electron chi connectivity index (χ0n) is 18.6. The van der Waals surface area contributed by atoms with Crippen molar-refractivity contribution in [1.82, 2.24) is 24.9 Å². The summed E-state index contributed by atoms with van der Waals surface area (Å²) in [5.41, 5.74) is 3.46. The Bertz CT molecular complexity index is 929. The number of amides is 2. The molecule has 1 aromatic heterocycles. The van der Waals surface area contributed by atoms with E-state index in [9.17, 15) is 9.59 Å². The van der Waals surface area contributed by atoms with E-state index in [1.54, 1.807) is 0 Å². The lowest BCUT2D eigenvalue weighted by Crippen LogP contribution is -2.54. The second-order valence-corrected chi connectivity index (χ2v) is 8.61. The Balaban J connectivity index is 1.32. The predicted molar refractivity (Wildman–Crippen MR) is 120 cm³/mol. The fourth-order valence-corrected chi connectivity index (χ4v) is 4.05. The molecule has 166 valence electrons. The number of carbonyl (C=O) groups is 2. The fraction of sp³-hybridized carbons (Fsp3) is 0.522. The summed E-state index contributed by atoms with van der Waals surface area (Å²) in [5, 5.41) is 10.7. The van der Waals surface area contributed by atoms with Gasteiger partial charge < -0.3 is 10.6 Å². The number of carbonyl (C=O) groups excluding carboxylic acids is 2. The third-order valence-electron chi connectivity index (χ3n) is 6.18. The number of aromatic nitrogens is 2. The molecule has 2 amide bonds. The standard InChI is InChI=1S/C23H32N6O2/c1-16-22(17(2)29(26-16)20-7-5-4-6-8-20)25-23(31)18(3)28-13-11-27(12-14-28)15-21(30)24-19-9-10-19/h4-8,18-19H,9-15H2,1-3H3,(H,24,30)(H,25,31)/t18-/m0/s1. The Kier molecular flexibility index (Phi) is 6.38. The average molecular weight is 425 g/mol. The Labute approximate surface area is 183 Å². The first-order valence-electron chi connectivity index (χ1n) is 11.1. The van der Waals surface area contributed by atoms with E-state index in [2.05, 4.69) is 25.5 Å². The topological polar surface area (TPSA) is 82.5 Å². The molecule has 1 aromatic carbocycles. The van der Waals surface area contributed by atoms with Crippen LogP contribution in [0, 0.1) is 13.8 Å². The molecule has 1 atom stereocenters. The van der Waals surface area contributed by atoms with Crippen molar-refractivity contribution in [2.24, 2.45) is 0 Å². The molecule has 0 spiro atoms. The summed E-state index contributed by atoms with van der Waals surface area (Å²) in [4.78, 5) is 29.3. The number of rotatable bonds is 7. The summed E-state index contributed by atoms with van der Waals surface area (Å²) in [6.45, 7) is 9.40. The van der Waals surface area contributed by atoms with E-state index in [-0.39, 0.29) is 17.9 Å². The Morgan fingerprint density at radius 1 is 1.10 bits per heavy atom. The van der Waals surface area contributed by atoms with Gasteiger partial charge in [-0.3, -0.25) is 19.4 Å². The number of nitrogens with one attached hydrogen (secondary N) is 2. The van der Waals surface area contributed by atoms with Crippen LogP contribution in [0.25, 0.3) is 5.69 Å². The summed E-state index contributed by atoms with van der Waals surface area (Å²) >= 11 is 0. The maximum Gasteiger partial charge on any atom is 0.241 e. The first kappa shape index (κ1) is 21.5. The zero-order chi connectivity index (χ0) is 22.0. The van der Waals surface area contributed by atoms with Crippen molar-refractivity contribution in [2.75, 3.05) is 38.0 Å². The number of piperazine rings is 1. The molecule has 2 N–H and O–H groups in total. The van der Waals surface area contributed by atoms with Gasteiger partial charge in [-0.25, -0.2) is 4.68 Å². The predicted octanol–water partition coefficient (Wildman–Crippen LogP) is 1.71. The second-order valence-electron chi connectivity index (χ2n) is 8.61. The number of aryl methyl sites for hydroxylation is 1. The molecule has 4 rings (SSSR count). The highest BCUT2D eigenvalue weighted by Crippen LogP contribution is 2.23. The van der Waals surface area contributed by atoms with Crippen LogP contribution in [0.5, 0.6) is 0 Å². The minimum atomic E-state index is -0.249. The lowest BCUT2D eigenvalue weighted by molar-refractivity contribution is -0.124. The third kappa shape index (κ3) is 5.14. The summed E-state index contributed by atoms with van der Waals surface area (Å²) in [6.07, 6.45) is 2.21. The van der Waals surface area contributed by atoms with Crippen LogP contribution >= 0.6 is 0 Å². The van der Waals surface area contributed by atoms with Gasteiger partial charge in [-0.05, 0) is 45.7 Å². The molecule has 8 nitrogen and oxygen atoms in total. The van der Waals surface area contributed by atoms with E-state index in [1.807, 2.05) is 55.8 Å². The summed E-state index contributed by atoms with van der Waals surface area (Å²) < 4.78 is 1.86. The van der Waals surface area contributed by atoms with Crippen molar-refractivity contribution in [3.8, 4) is 5.69 Å². The van der Waals surface area contributed by atoms with Gasteiger partial charge in [-0.15, -0.1) is 0 Å². The van der Waals surface area contributed by atoms with Crippen LogP contribution in [0.2, 0.25) is 0 Å². The number of hydrogen-bond acceptors (Lipinski definition) is 5. The highest BCUT2D eigenvalue weighted by molar-refractivity contribution is 5.95. The molecule has 2 aromatic rings. The van der Waals surface area contributed by atoms with Crippen molar-refractivity contribution in [2.45, 2.75) is 45.7 Å². The number of para-hydroxylation sites is 1. The van der Waals surface area contributed by atoms with E-state index in [4.69, 9.17) is 0 Å². The molecule has 2 fully saturated rings. The molecule has 2 heterocycles. The molecule has 2 aliphatic rings. The van der Waals surface area contributed by atoms with E-state index in [1.165, 1.54) is 0 Å². The molecule has 8 heteroatoms. The number of nitrogens with zero attached hydrogens (tertiary/aromatic N) is 4. The molecule has 0 radical (unpaired) electrons. The van der Waals surface area contributed by atoms with Crippen LogP contribution < -0.4 is 10.6 Å². The van der Waals surface area contributed by atoms with Gasteiger partial charge in [0.25, 0.3) is 0 Å². The van der Waals surface area contributed by atoms with Crippen molar-refractivity contribution in [3.63, 3.8) is 0 Å². The molecule has 0 unspecified atom stereocenters. The number of anilines is 1. The van der Waals surface area contributed by atoms with E-state index >= 15 is 0 Å². The van der Waals surface area contributed by atoms with Gasteiger partial charge >= 0.3 is 0 Å². The van der Waals surface area contributed by atoms with E-state index in [0.717, 1.165) is 61.8 Å². The Morgan fingerprint density at radius 2 is 1.77 bits per heavy atom. The van der Waals surface area contributed by atoms with Crippen LogP contribution in [0.15, 0.2) is 30.3 Å². The number of hydrogen-bond donors (Lipinski definition) is 2. The highest BCUT2D eigenvalue weighted by Gasteiger charge is 2.29. The molecule has 1 aliphatic carbocycles. The maximum atomic E-state index is 13.0. The van der Waals surface area contributed by atoms with Gasteiger partial charge in [0.05, 0.1) is 35.3 Å². The van der Waals surface area contributed by atoms with Gasteiger partial charge in [-0.2, -0.15) is 5.10 Å². The molecular weight excluding hydrogens is 392 g/mol. The van der Waals surface area contributed by atoms with Crippen molar-refractivity contribution in [1.29, 1.82) is 0 Å². The lowest BCUT2D eigenvalue weighted by atomic mass is 10.2. The van der Waals surface area contributed by atoms with E-state index < -0.39 is 0 Å². The Morgan fingerprint density at radius 3 is 2.42 bits per heavy atom. The monoisotopic (exact) mass is 424 g/mol. The van der Waals surface area contributed by atoms with Gasteiger partial charge in [0, 0.05) is 32.2 Å². The molecule has 1 saturated carbocycles. The van der Waals surface area contributed by atoms with Crippen LogP contribution in [0.4, 0.5) is 5.69 Å². The van der Waals surface area contributed by atoms with Crippen molar-refractivity contribution >= 4 is 17.5 Å². The van der Waals surface area contributed by atoms with Crippen LogP contribution in [-0.2, 0) is 9.59 Å².